The van der Waals surface area contributed by atoms with Crippen LogP contribution in [-0.4, -0.2) is 37.2 Å². The van der Waals surface area contributed by atoms with Crippen molar-refractivity contribution in [2.24, 2.45) is 0 Å². The summed E-state index contributed by atoms with van der Waals surface area (Å²) in [5, 5.41) is 0. The number of allylic oxidation sites excluding steroid dienone is 22. The van der Waals surface area contributed by atoms with Gasteiger partial charge in [0.1, 0.15) is 13.2 Å². The number of rotatable bonds is 48. The molecule has 0 radical (unpaired) electrons. The van der Waals surface area contributed by atoms with E-state index in [0.717, 1.165) is 128 Å². The maximum Gasteiger partial charge on any atom is 0.306 e. The lowest BCUT2D eigenvalue weighted by molar-refractivity contribution is -0.166. The van der Waals surface area contributed by atoms with Crippen LogP contribution in [0.5, 0.6) is 0 Å². The largest absolute Gasteiger partial charge is 0.462 e. The number of carbonyl (C=O) groups is 3. The molecule has 0 saturated heterocycles. The fourth-order valence-electron chi connectivity index (χ4n) is 7.04. The lowest BCUT2D eigenvalue weighted by atomic mass is 10.1. The molecule has 0 bridgehead atoms. The molecule has 0 aliphatic rings. The van der Waals surface area contributed by atoms with Crippen molar-refractivity contribution in [2.45, 2.75) is 232 Å². The number of hydrogen-bond acceptors (Lipinski definition) is 6. The van der Waals surface area contributed by atoms with Gasteiger partial charge in [-0.25, -0.2) is 0 Å². The highest BCUT2D eigenvalue weighted by Crippen LogP contribution is 2.13. The van der Waals surface area contributed by atoms with Crippen LogP contribution in [0.15, 0.2) is 134 Å². The van der Waals surface area contributed by atoms with Crippen LogP contribution < -0.4 is 0 Å². The molecule has 0 fully saturated rings. The molecule has 0 rings (SSSR count). The van der Waals surface area contributed by atoms with E-state index >= 15 is 0 Å². The van der Waals surface area contributed by atoms with Gasteiger partial charge in [-0.05, 0) is 122 Å². The molecule has 0 aromatic heterocycles. The molecule has 1 atom stereocenters. The Kier molecular flexibility index (Phi) is 52.5. The monoisotopic (exact) mass is 953 g/mol. The SMILES string of the molecule is CC/C=C\C/C=C\C/C=C\C/C=C\C/C=C\C/C=C\CCC(=O)OC[C@H](COC(=O)CCCCCCC/C=C\C/C=C\C/C=C\CC)OC(=O)CCCCCCCCC/C=C\C/C=C\CCCCC. The summed E-state index contributed by atoms with van der Waals surface area (Å²) in [6.07, 6.45) is 78.7. The van der Waals surface area contributed by atoms with Gasteiger partial charge in [0.2, 0.25) is 0 Å². The molecule has 0 aliphatic heterocycles. The molecule has 6 nitrogen and oxygen atoms in total. The molecule has 0 saturated carbocycles. The molecule has 6 heteroatoms. The predicted molar refractivity (Wildman–Crippen MR) is 297 cm³/mol. The number of hydrogen-bond donors (Lipinski definition) is 0. The molecule has 0 aromatic rings. The van der Waals surface area contributed by atoms with Crippen molar-refractivity contribution in [3.05, 3.63) is 134 Å². The molecule has 0 amide bonds. The Morgan fingerprint density at radius 2 is 0.594 bits per heavy atom. The minimum absolute atomic E-state index is 0.118. The molecule has 0 spiro atoms. The van der Waals surface area contributed by atoms with Crippen molar-refractivity contribution in [1.29, 1.82) is 0 Å². The average molecular weight is 953 g/mol. The highest BCUT2D eigenvalue weighted by molar-refractivity contribution is 5.71. The third-order valence-corrected chi connectivity index (χ3v) is 11.1. The molecule has 388 valence electrons. The zero-order valence-electron chi connectivity index (χ0n) is 44.3. The van der Waals surface area contributed by atoms with Crippen LogP contribution >= 0.6 is 0 Å². The fourth-order valence-corrected chi connectivity index (χ4v) is 7.04. The number of carbonyl (C=O) groups excluding carboxylic acids is 3. The maximum atomic E-state index is 12.8. The first-order chi connectivity index (χ1) is 34.0. The highest BCUT2D eigenvalue weighted by Gasteiger charge is 2.19. The summed E-state index contributed by atoms with van der Waals surface area (Å²) in [5.74, 6) is -1.03. The Hall–Kier alpha value is -4.45. The molecule has 0 N–H and O–H groups in total. The van der Waals surface area contributed by atoms with E-state index in [4.69, 9.17) is 14.2 Å². The van der Waals surface area contributed by atoms with Crippen molar-refractivity contribution in [2.75, 3.05) is 13.2 Å². The fraction of sp³-hybridized carbons (Fsp3) is 0.603. The van der Waals surface area contributed by atoms with E-state index in [-0.39, 0.29) is 37.5 Å². The van der Waals surface area contributed by atoms with Crippen LogP contribution in [-0.2, 0) is 28.6 Å². The first-order valence-electron chi connectivity index (χ1n) is 27.7. The minimum atomic E-state index is -0.825. The van der Waals surface area contributed by atoms with Gasteiger partial charge in [0.25, 0.3) is 0 Å². The Balaban J connectivity index is 4.56. The summed E-state index contributed by atoms with van der Waals surface area (Å²) in [7, 11) is 0. The third kappa shape index (κ3) is 54.4. The van der Waals surface area contributed by atoms with Gasteiger partial charge in [-0.15, -0.1) is 0 Å². The van der Waals surface area contributed by atoms with Crippen molar-refractivity contribution in [1.82, 2.24) is 0 Å². The molecule has 0 heterocycles. The smallest absolute Gasteiger partial charge is 0.306 e. The van der Waals surface area contributed by atoms with E-state index in [1.807, 2.05) is 12.2 Å². The first kappa shape index (κ1) is 64.5. The van der Waals surface area contributed by atoms with Crippen LogP contribution in [0.2, 0.25) is 0 Å². The summed E-state index contributed by atoms with van der Waals surface area (Å²) in [6, 6.07) is 0. The van der Waals surface area contributed by atoms with Gasteiger partial charge < -0.3 is 14.2 Å². The van der Waals surface area contributed by atoms with E-state index < -0.39 is 6.10 Å². The van der Waals surface area contributed by atoms with Gasteiger partial charge in [-0.3, -0.25) is 14.4 Å². The first-order valence-corrected chi connectivity index (χ1v) is 27.7. The second kappa shape index (κ2) is 56.1. The molecular formula is C63H100O6. The maximum absolute atomic E-state index is 12.8. The Bertz CT molecular complexity index is 1510. The molecule has 0 unspecified atom stereocenters. The second-order valence-electron chi connectivity index (χ2n) is 17.7. The van der Waals surface area contributed by atoms with Crippen LogP contribution in [0.1, 0.15) is 226 Å². The zero-order chi connectivity index (χ0) is 50.0. The predicted octanol–water partition coefficient (Wildman–Crippen LogP) is 18.6. The van der Waals surface area contributed by atoms with E-state index in [1.165, 1.54) is 51.4 Å². The van der Waals surface area contributed by atoms with Gasteiger partial charge in [0, 0.05) is 19.3 Å². The quantitative estimate of drug-likeness (QED) is 0.0262. The molecule has 69 heavy (non-hydrogen) atoms. The molecule has 0 aromatic carbocycles. The van der Waals surface area contributed by atoms with Crippen molar-refractivity contribution in [3.8, 4) is 0 Å². The molecular weight excluding hydrogens is 853 g/mol. The van der Waals surface area contributed by atoms with Crippen LogP contribution in [0, 0.1) is 0 Å². The summed E-state index contributed by atoms with van der Waals surface area (Å²) in [5.41, 5.74) is 0. The summed E-state index contributed by atoms with van der Waals surface area (Å²) in [4.78, 5) is 38.1. The van der Waals surface area contributed by atoms with Gasteiger partial charge in [0.15, 0.2) is 6.10 Å². The third-order valence-electron chi connectivity index (χ3n) is 11.1. The summed E-state index contributed by atoms with van der Waals surface area (Å²) >= 11 is 0. The van der Waals surface area contributed by atoms with E-state index in [0.29, 0.717) is 19.3 Å². The van der Waals surface area contributed by atoms with Crippen molar-refractivity contribution >= 4 is 17.9 Å². The van der Waals surface area contributed by atoms with Gasteiger partial charge in [-0.2, -0.15) is 0 Å². The Labute approximate surface area is 424 Å². The van der Waals surface area contributed by atoms with Gasteiger partial charge in [0.05, 0.1) is 0 Å². The Morgan fingerprint density at radius 1 is 0.304 bits per heavy atom. The molecule has 0 aliphatic carbocycles. The van der Waals surface area contributed by atoms with E-state index in [2.05, 4.69) is 142 Å². The lowest BCUT2D eigenvalue weighted by Gasteiger charge is -2.18. The van der Waals surface area contributed by atoms with Crippen LogP contribution in [0.25, 0.3) is 0 Å². The van der Waals surface area contributed by atoms with E-state index in [9.17, 15) is 14.4 Å². The number of unbranched alkanes of at least 4 members (excludes halogenated alkanes) is 15. The highest BCUT2D eigenvalue weighted by atomic mass is 16.6. The van der Waals surface area contributed by atoms with Gasteiger partial charge in [-0.1, -0.05) is 219 Å². The normalized spacial score (nSPS) is 13.1. The summed E-state index contributed by atoms with van der Waals surface area (Å²) in [6.45, 7) is 6.29. The summed E-state index contributed by atoms with van der Waals surface area (Å²) < 4.78 is 16.8. The van der Waals surface area contributed by atoms with Crippen LogP contribution in [0.4, 0.5) is 0 Å². The van der Waals surface area contributed by atoms with Crippen LogP contribution in [0.3, 0.4) is 0 Å². The van der Waals surface area contributed by atoms with Gasteiger partial charge >= 0.3 is 17.9 Å². The lowest BCUT2D eigenvalue weighted by Crippen LogP contribution is -2.30. The Morgan fingerprint density at radius 3 is 0.971 bits per heavy atom. The average Bonchev–Trinajstić information content (AvgIpc) is 3.35. The topological polar surface area (TPSA) is 78.9 Å². The van der Waals surface area contributed by atoms with E-state index in [1.54, 1.807) is 0 Å². The van der Waals surface area contributed by atoms with Crippen molar-refractivity contribution < 1.29 is 28.6 Å². The number of esters is 3. The standard InChI is InChI=1S/C63H100O6/c1-4-7-10-13-16-19-22-25-28-30-31-33-35-38-41-44-47-50-53-56-62(65)68-59-60(58-67-61(64)55-52-49-46-43-40-37-34-27-24-21-18-15-12-9-6-3)69-63(66)57-54-51-48-45-42-39-36-32-29-26-23-20-17-14-11-8-5-2/h7,9-10,12,16-21,25-29,31,33-34,38,41,47,50,60H,4-6,8,11,13-15,22-24,30,32,35-37,39-40,42-46,48-49,51-59H2,1-3H3/b10-7-,12-9-,19-16-,20-17-,21-18-,28-25-,29-26-,33-31-,34-27-,41-38-,50-47-/t60-/m0/s1. The second-order valence-corrected chi connectivity index (χ2v) is 17.7. The van der Waals surface area contributed by atoms with Crippen molar-refractivity contribution in [3.63, 3.8) is 0 Å². The minimum Gasteiger partial charge on any atom is -0.462 e. The number of ether oxygens (including phenoxy) is 3. The zero-order valence-corrected chi connectivity index (χ0v) is 44.3.